The Balaban J connectivity index is 1.29. The number of para-hydroxylation sites is 1. The van der Waals surface area contributed by atoms with Gasteiger partial charge in [-0.1, -0.05) is 146 Å². The zero-order chi connectivity index (χ0) is 30.5. The monoisotopic (exact) mass is 603 g/mol. The van der Waals surface area contributed by atoms with Crippen molar-refractivity contribution >= 4 is 70.1 Å². The van der Waals surface area contributed by atoms with Gasteiger partial charge in [0.1, 0.15) is 0 Å². The summed E-state index contributed by atoms with van der Waals surface area (Å²) in [5.74, 6) is 0. The van der Waals surface area contributed by atoms with Crippen LogP contribution in [-0.2, 0) is 0 Å². The molecule has 0 aliphatic carbocycles. The lowest BCUT2D eigenvalue weighted by atomic mass is 9.97. The quantitative estimate of drug-likeness (QED) is 0.189. The molecule has 9 aromatic rings. The molecule has 0 aliphatic heterocycles. The molecule has 0 bridgehead atoms. The van der Waals surface area contributed by atoms with Gasteiger partial charge >= 0.3 is 0 Å². The zero-order valence-corrected chi connectivity index (χ0v) is 25.9. The third-order valence-electron chi connectivity index (χ3n) is 9.06. The van der Waals surface area contributed by atoms with Gasteiger partial charge in [-0.2, -0.15) is 0 Å². The molecule has 0 atom stereocenters. The van der Waals surface area contributed by atoms with Gasteiger partial charge < -0.3 is 4.90 Å². The Morgan fingerprint density at radius 3 is 1.83 bits per heavy atom. The molecule has 0 aliphatic rings. The third-order valence-corrected chi connectivity index (χ3v) is 10.3. The van der Waals surface area contributed by atoms with E-state index in [1.54, 1.807) is 0 Å². The van der Waals surface area contributed by atoms with Crippen LogP contribution in [0.5, 0.6) is 0 Å². The summed E-state index contributed by atoms with van der Waals surface area (Å²) < 4.78 is 2.63. The molecule has 0 saturated heterocycles. The number of benzene rings is 8. The van der Waals surface area contributed by atoms with Gasteiger partial charge in [-0.25, -0.2) is 0 Å². The summed E-state index contributed by atoms with van der Waals surface area (Å²) in [6.45, 7) is 0. The van der Waals surface area contributed by atoms with Crippen LogP contribution in [0, 0.1) is 0 Å². The predicted octanol–water partition coefficient (Wildman–Crippen LogP) is 13.2. The van der Waals surface area contributed by atoms with E-state index < -0.39 is 0 Å². The summed E-state index contributed by atoms with van der Waals surface area (Å²) in [5, 5.41) is 7.69. The van der Waals surface area contributed by atoms with Gasteiger partial charge in [-0.3, -0.25) is 0 Å². The number of rotatable bonds is 5. The predicted molar refractivity (Wildman–Crippen MR) is 200 cm³/mol. The molecule has 1 nitrogen and oxygen atoms in total. The summed E-state index contributed by atoms with van der Waals surface area (Å²) in [6.07, 6.45) is 0. The van der Waals surface area contributed by atoms with E-state index >= 15 is 0 Å². The van der Waals surface area contributed by atoms with Crippen molar-refractivity contribution in [3.05, 3.63) is 176 Å². The van der Waals surface area contributed by atoms with Crippen LogP contribution in [0.25, 0.3) is 64.0 Å². The van der Waals surface area contributed by atoms with Gasteiger partial charge in [-0.05, 0) is 68.6 Å². The van der Waals surface area contributed by atoms with Crippen molar-refractivity contribution in [2.45, 2.75) is 0 Å². The smallest absolute Gasteiger partial charge is 0.0555 e. The van der Waals surface area contributed by atoms with Crippen LogP contribution in [0.15, 0.2) is 176 Å². The third kappa shape index (κ3) is 4.38. The average Bonchev–Trinajstić information content (AvgIpc) is 3.53. The second-order valence-electron chi connectivity index (χ2n) is 11.7. The highest BCUT2D eigenvalue weighted by Crippen LogP contribution is 2.48. The zero-order valence-electron chi connectivity index (χ0n) is 25.1. The van der Waals surface area contributed by atoms with E-state index in [1.807, 2.05) is 11.3 Å². The summed E-state index contributed by atoms with van der Waals surface area (Å²) in [4.78, 5) is 2.46. The Bertz CT molecular complexity index is 2520. The van der Waals surface area contributed by atoms with Crippen LogP contribution >= 0.6 is 11.3 Å². The lowest BCUT2D eigenvalue weighted by Crippen LogP contribution is -2.11. The SMILES string of the molecule is c1ccc(-c2ccccc2N(c2ccc(-c3cccc4ccccc34)cc2)c2cccc3sc4c5ccccc5ccc4c23)cc1. The lowest BCUT2D eigenvalue weighted by Gasteiger charge is -2.29. The number of hydrogen-bond donors (Lipinski definition) is 0. The molecule has 216 valence electrons. The largest absolute Gasteiger partial charge is 0.309 e. The van der Waals surface area contributed by atoms with E-state index in [0.717, 1.165) is 11.4 Å². The summed E-state index contributed by atoms with van der Waals surface area (Å²) >= 11 is 1.89. The second-order valence-corrected chi connectivity index (χ2v) is 12.8. The fourth-order valence-corrected chi connectivity index (χ4v) is 8.19. The maximum atomic E-state index is 2.46. The molecule has 0 saturated carbocycles. The number of anilines is 3. The van der Waals surface area contributed by atoms with Crippen molar-refractivity contribution in [1.82, 2.24) is 0 Å². The van der Waals surface area contributed by atoms with Crippen LogP contribution < -0.4 is 4.90 Å². The maximum absolute atomic E-state index is 2.46. The van der Waals surface area contributed by atoms with Crippen molar-refractivity contribution in [3.8, 4) is 22.3 Å². The molecule has 1 aromatic heterocycles. The van der Waals surface area contributed by atoms with Crippen LogP contribution in [0.4, 0.5) is 17.1 Å². The van der Waals surface area contributed by atoms with E-state index in [-0.39, 0.29) is 0 Å². The van der Waals surface area contributed by atoms with Gasteiger partial charge in [-0.15, -0.1) is 11.3 Å². The molecule has 0 spiro atoms. The molecule has 46 heavy (non-hydrogen) atoms. The summed E-state index contributed by atoms with van der Waals surface area (Å²) in [6, 6.07) is 63.9. The lowest BCUT2D eigenvalue weighted by molar-refractivity contribution is 1.30. The Morgan fingerprint density at radius 1 is 0.370 bits per heavy atom. The van der Waals surface area contributed by atoms with Crippen LogP contribution in [0.2, 0.25) is 0 Å². The number of nitrogens with zero attached hydrogens (tertiary/aromatic N) is 1. The minimum absolute atomic E-state index is 1.13. The first-order chi connectivity index (χ1) is 22.8. The fraction of sp³-hybridized carbons (Fsp3) is 0. The van der Waals surface area contributed by atoms with E-state index in [1.165, 1.54) is 69.7 Å². The minimum atomic E-state index is 1.13. The highest BCUT2D eigenvalue weighted by molar-refractivity contribution is 7.26. The standard InChI is InChI=1S/C44H29NS/c1-2-12-31(13-3-1)37-18-8-9-21-40(37)45(34-27-24-33(25-28-34)36-20-10-16-30-14-4-6-17-35(30)36)41-22-11-23-42-43(41)39-29-26-32-15-5-7-19-38(32)44(39)46-42/h1-29H. The minimum Gasteiger partial charge on any atom is -0.309 e. The summed E-state index contributed by atoms with van der Waals surface area (Å²) in [5.41, 5.74) is 8.31. The normalized spacial score (nSPS) is 11.5. The van der Waals surface area contributed by atoms with Crippen molar-refractivity contribution in [1.29, 1.82) is 0 Å². The van der Waals surface area contributed by atoms with Gasteiger partial charge in [0.05, 0.1) is 11.4 Å². The molecule has 2 heteroatoms. The van der Waals surface area contributed by atoms with Gasteiger partial charge in [0.15, 0.2) is 0 Å². The molecule has 0 N–H and O–H groups in total. The topological polar surface area (TPSA) is 3.24 Å². The molecular formula is C44H29NS. The highest BCUT2D eigenvalue weighted by Gasteiger charge is 2.21. The Labute approximate surface area is 272 Å². The van der Waals surface area contributed by atoms with E-state index in [9.17, 15) is 0 Å². The first-order valence-corrected chi connectivity index (χ1v) is 16.5. The maximum Gasteiger partial charge on any atom is 0.0555 e. The molecule has 0 amide bonds. The van der Waals surface area contributed by atoms with E-state index in [0.29, 0.717) is 0 Å². The first kappa shape index (κ1) is 26.7. The highest BCUT2D eigenvalue weighted by atomic mass is 32.1. The summed E-state index contributed by atoms with van der Waals surface area (Å²) in [7, 11) is 0. The Morgan fingerprint density at radius 2 is 0.978 bits per heavy atom. The van der Waals surface area contributed by atoms with E-state index in [4.69, 9.17) is 0 Å². The van der Waals surface area contributed by atoms with E-state index in [2.05, 4.69) is 181 Å². The molecule has 0 fully saturated rings. The van der Waals surface area contributed by atoms with Crippen LogP contribution in [-0.4, -0.2) is 0 Å². The van der Waals surface area contributed by atoms with Gasteiger partial charge in [0, 0.05) is 31.4 Å². The second kappa shape index (κ2) is 11.0. The molecular weight excluding hydrogens is 575 g/mol. The van der Waals surface area contributed by atoms with Crippen LogP contribution in [0.1, 0.15) is 0 Å². The molecule has 9 rings (SSSR count). The fourth-order valence-electron chi connectivity index (χ4n) is 6.93. The average molecular weight is 604 g/mol. The molecule has 1 heterocycles. The first-order valence-electron chi connectivity index (χ1n) is 15.7. The van der Waals surface area contributed by atoms with Crippen molar-refractivity contribution < 1.29 is 0 Å². The molecule has 8 aromatic carbocycles. The number of thiophene rings is 1. The van der Waals surface area contributed by atoms with Crippen LogP contribution in [0.3, 0.4) is 0 Å². The van der Waals surface area contributed by atoms with Crippen molar-refractivity contribution in [3.63, 3.8) is 0 Å². The Kier molecular flexibility index (Phi) is 6.40. The number of fused-ring (bicyclic) bond motifs is 6. The van der Waals surface area contributed by atoms with Gasteiger partial charge in [0.2, 0.25) is 0 Å². The molecule has 0 unspecified atom stereocenters. The van der Waals surface area contributed by atoms with Crippen molar-refractivity contribution in [2.24, 2.45) is 0 Å². The van der Waals surface area contributed by atoms with Crippen molar-refractivity contribution in [2.75, 3.05) is 4.90 Å². The Hall–Kier alpha value is -5.70. The number of hydrogen-bond acceptors (Lipinski definition) is 2. The van der Waals surface area contributed by atoms with Gasteiger partial charge in [0.25, 0.3) is 0 Å². The molecule has 0 radical (unpaired) electrons.